The average Bonchev–Trinajstić information content (AvgIpc) is 2.57. The number of hydrogen-bond donors (Lipinski definition) is 0. The molecule has 1 aliphatic rings. The van der Waals surface area contributed by atoms with Crippen molar-refractivity contribution in [2.45, 2.75) is 26.1 Å². The van der Waals surface area contributed by atoms with E-state index >= 15 is 0 Å². The van der Waals surface area contributed by atoms with Crippen LogP contribution in [0.5, 0.6) is 5.75 Å². The van der Waals surface area contributed by atoms with Gasteiger partial charge < -0.3 is 19.1 Å². The average molecular weight is 332 g/mol. The van der Waals surface area contributed by atoms with E-state index in [4.69, 9.17) is 19.5 Å². The standard InChI is InChI=1S/C17H20N2O5/c1-12-8-19(9-13(2)24-12)16(20)10-23-17(21)11-22-15-6-4-3-5-14(15)7-18/h3-6,12-13H,8-11H2,1-2H3/t12-,13-/m1/s1. The maximum Gasteiger partial charge on any atom is 0.344 e. The van der Waals surface area contributed by atoms with Gasteiger partial charge in [0.1, 0.15) is 11.8 Å². The predicted octanol–water partition coefficient (Wildman–Crippen LogP) is 1.12. The molecule has 1 aliphatic heterocycles. The van der Waals surface area contributed by atoms with Crippen molar-refractivity contribution in [3.8, 4) is 11.8 Å². The highest BCUT2D eigenvalue weighted by molar-refractivity contribution is 5.81. The van der Waals surface area contributed by atoms with Crippen LogP contribution in [0.25, 0.3) is 0 Å². The molecule has 2 rings (SSSR count). The zero-order valence-corrected chi connectivity index (χ0v) is 13.7. The Morgan fingerprint density at radius 1 is 1.25 bits per heavy atom. The third kappa shape index (κ3) is 4.96. The van der Waals surface area contributed by atoms with Gasteiger partial charge in [-0.15, -0.1) is 0 Å². The predicted molar refractivity (Wildman–Crippen MR) is 84.2 cm³/mol. The number of hydrogen-bond acceptors (Lipinski definition) is 6. The number of para-hydroxylation sites is 1. The molecular formula is C17H20N2O5. The summed E-state index contributed by atoms with van der Waals surface area (Å²) < 4.78 is 15.8. The maximum absolute atomic E-state index is 12.1. The fraction of sp³-hybridized carbons (Fsp3) is 0.471. The number of carbonyl (C=O) groups excluding carboxylic acids is 2. The van der Waals surface area contributed by atoms with E-state index in [1.54, 1.807) is 29.2 Å². The molecule has 0 aromatic heterocycles. The van der Waals surface area contributed by atoms with E-state index in [2.05, 4.69) is 0 Å². The number of rotatable bonds is 5. The monoisotopic (exact) mass is 332 g/mol. The number of carbonyl (C=O) groups is 2. The molecule has 0 bridgehead atoms. The molecule has 1 amide bonds. The van der Waals surface area contributed by atoms with Gasteiger partial charge in [-0.3, -0.25) is 4.79 Å². The van der Waals surface area contributed by atoms with Gasteiger partial charge in [0, 0.05) is 13.1 Å². The molecule has 7 nitrogen and oxygen atoms in total. The van der Waals surface area contributed by atoms with Crippen molar-refractivity contribution in [3.05, 3.63) is 29.8 Å². The number of benzene rings is 1. The SMILES string of the molecule is C[C@@H]1CN(C(=O)COC(=O)COc2ccccc2C#N)C[C@@H](C)O1. The first-order valence-corrected chi connectivity index (χ1v) is 7.70. The summed E-state index contributed by atoms with van der Waals surface area (Å²) in [5.74, 6) is -0.618. The molecule has 2 atom stereocenters. The lowest BCUT2D eigenvalue weighted by molar-refractivity contribution is -0.158. The minimum Gasteiger partial charge on any atom is -0.481 e. The second kappa shape index (κ2) is 8.31. The smallest absolute Gasteiger partial charge is 0.344 e. The molecule has 0 aliphatic carbocycles. The van der Waals surface area contributed by atoms with Gasteiger partial charge in [0.05, 0.1) is 17.8 Å². The lowest BCUT2D eigenvalue weighted by Crippen LogP contribution is -2.49. The molecule has 7 heteroatoms. The van der Waals surface area contributed by atoms with Gasteiger partial charge in [-0.1, -0.05) is 12.1 Å². The third-order valence-electron chi connectivity index (χ3n) is 3.48. The Labute approximate surface area is 140 Å². The molecule has 1 saturated heterocycles. The molecule has 0 spiro atoms. The summed E-state index contributed by atoms with van der Waals surface area (Å²) in [5.41, 5.74) is 0.331. The normalized spacial score (nSPS) is 20.1. The summed E-state index contributed by atoms with van der Waals surface area (Å²) >= 11 is 0. The molecular weight excluding hydrogens is 312 g/mol. The van der Waals surface area contributed by atoms with Crippen molar-refractivity contribution in [1.82, 2.24) is 4.90 Å². The van der Waals surface area contributed by atoms with Crippen LogP contribution in [0.15, 0.2) is 24.3 Å². The Balaban J connectivity index is 1.77. The van der Waals surface area contributed by atoms with Crippen molar-refractivity contribution in [2.24, 2.45) is 0 Å². The van der Waals surface area contributed by atoms with E-state index in [9.17, 15) is 9.59 Å². The van der Waals surface area contributed by atoms with Gasteiger partial charge in [0.2, 0.25) is 0 Å². The summed E-state index contributed by atoms with van der Waals surface area (Å²) in [4.78, 5) is 25.4. The van der Waals surface area contributed by atoms with E-state index in [-0.39, 0.29) is 31.3 Å². The minimum absolute atomic E-state index is 0.0424. The summed E-state index contributed by atoms with van der Waals surface area (Å²) in [6.45, 7) is 4.05. The molecule has 128 valence electrons. The van der Waals surface area contributed by atoms with Crippen molar-refractivity contribution in [1.29, 1.82) is 5.26 Å². The second-order valence-corrected chi connectivity index (χ2v) is 5.61. The molecule has 0 saturated carbocycles. The number of nitrogens with zero attached hydrogens (tertiary/aromatic N) is 2. The van der Waals surface area contributed by atoms with E-state index in [0.717, 1.165) is 0 Å². The number of nitriles is 1. The van der Waals surface area contributed by atoms with Crippen molar-refractivity contribution in [3.63, 3.8) is 0 Å². The number of amides is 1. The van der Waals surface area contributed by atoms with Gasteiger partial charge >= 0.3 is 5.97 Å². The van der Waals surface area contributed by atoms with Crippen molar-refractivity contribution >= 4 is 11.9 Å². The number of morpholine rings is 1. The van der Waals surface area contributed by atoms with Crippen LogP contribution in [0, 0.1) is 11.3 Å². The minimum atomic E-state index is -0.662. The Hall–Kier alpha value is -2.59. The lowest BCUT2D eigenvalue weighted by Gasteiger charge is -2.35. The first kappa shape index (κ1) is 17.8. The molecule has 24 heavy (non-hydrogen) atoms. The number of ether oxygens (including phenoxy) is 3. The van der Waals surface area contributed by atoms with Crippen LogP contribution >= 0.6 is 0 Å². The fourth-order valence-corrected chi connectivity index (χ4v) is 2.48. The highest BCUT2D eigenvalue weighted by Crippen LogP contribution is 2.16. The maximum atomic E-state index is 12.1. The molecule has 0 unspecified atom stereocenters. The Bertz CT molecular complexity index is 630. The van der Waals surface area contributed by atoms with Gasteiger partial charge in [-0.2, -0.15) is 5.26 Å². The van der Waals surface area contributed by atoms with Crippen LogP contribution in [0.2, 0.25) is 0 Å². The molecule has 0 radical (unpaired) electrons. The zero-order chi connectivity index (χ0) is 17.5. The van der Waals surface area contributed by atoms with Crippen LogP contribution < -0.4 is 4.74 Å². The van der Waals surface area contributed by atoms with Gasteiger partial charge in [0.25, 0.3) is 5.91 Å². The first-order chi connectivity index (χ1) is 11.5. The van der Waals surface area contributed by atoms with Crippen molar-refractivity contribution < 1.29 is 23.8 Å². The Morgan fingerprint density at radius 3 is 2.58 bits per heavy atom. The highest BCUT2D eigenvalue weighted by atomic mass is 16.6. The summed E-state index contributed by atoms with van der Waals surface area (Å²) in [6.07, 6.45) is -0.0848. The molecule has 1 heterocycles. The first-order valence-electron chi connectivity index (χ1n) is 7.70. The van der Waals surface area contributed by atoms with Crippen molar-refractivity contribution in [2.75, 3.05) is 26.3 Å². The third-order valence-corrected chi connectivity index (χ3v) is 3.48. The molecule has 1 aromatic rings. The van der Waals surface area contributed by atoms with Crippen LogP contribution in [-0.4, -0.2) is 55.3 Å². The van der Waals surface area contributed by atoms with Gasteiger partial charge in [0.15, 0.2) is 13.2 Å². The Kier molecular flexibility index (Phi) is 6.15. The molecule has 0 N–H and O–H groups in total. The molecule has 1 fully saturated rings. The summed E-state index contributed by atoms with van der Waals surface area (Å²) in [7, 11) is 0. The van der Waals surface area contributed by atoms with Crippen LogP contribution in [0.1, 0.15) is 19.4 Å². The van der Waals surface area contributed by atoms with Gasteiger partial charge in [-0.05, 0) is 26.0 Å². The Morgan fingerprint density at radius 2 is 1.92 bits per heavy atom. The summed E-state index contributed by atoms with van der Waals surface area (Å²) in [6, 6.07) is 8.55. The van der Waals surface area contributed by atoms with Crippen LogP contribution in [0.3, 0.4) is 0 Å². The van der Waals surface area contributed by atoms with Crippen LogP contribution in [-0.2, 0) is 19.1 Å². The fourth-order valence-electron chi connectivity index (χ4n) is 2.48. The van der Waals surface area contributed by atoms with E-state index in [1.807, 2.05) is 19.9 Å². The lowest BCUT2D eigenvalue weighted by atomic mass is 10.2. The number of esters is 1. The topological polar surface area (TPSA) is 88.9 Å². The van der Waals surface area contributed by atoms with Gasteiger partial charge in [-0.25, -0.2) is 4.79 Å². The second-order valence-electron chi connectivity index (χ2n) is 5.61. The van der Waals surface area contributed by atoms with E-state index in [0.29, 0.717) is 24.4 Å². The highest BCUT2D eigenvalue weighted by Gasteiger charge is 2.26. The summed E-state index contributed by atoms with van der Waals surface area (Å²) in [5, 5.41) is 8.94. The quantitative estimate of drug-likeness (QED) is 0.751. The largest absolute Gasteiger partial charge is 0.481 e. The van der Waals surface area contributed by atoms with Crippen LogP contribution in [0.4, 0.5) is 0 Å². The molecule has 1 aromatic carbocycles. The van der Waals surface area contributed by atoms with E-state index < -0.39 is 5.97 Å². The van der Waals surface area contributed by atoms with E-state index in [1.165, 1.54) is 0 Å². The zero-order valence-electron chi connectivity index (χ0n) is 13.7.